The van der Waals surface area contributed by atoms with Crippen molar-refractivity contribution in [2.24, 2.45) is 0 Å². The Balaban J connectivity index is 1.70. The molecule has 1 aliphatic rings. The van der Waals surface area contributed by atoms with Crippen LogP contribution < -0.4 is 9.06 Å². The van der Waals surface area contributed by atoms with Crippen LogP contribution in [-0.4, -0.2) is 11.5 Å². The quantitative estimate of drug-likeness (QED) is 0.174. The van der Waals surface area contributed by atoms with E-state index in [1.807, 2.05) is 59.1 Å². The van der Waals surface area contributed by atoms with E-state index in [1.165, 1.54) is 122 Å². The Morgan fingerprint density at radius 3 is 1.66 bits per heavy atom. The van der Waals surface area contributed by atoms with Gasteiger partial charge in [-0.1, -0.05) is 102 Å². The molecular weight excluding hydrogens is 581 g/mol. The van der Waals surface area contributed by atoms with Gasteiger partial charge >= 0.3 is 0 Å². The van der Waals surface area contributed by atoms with Crippen molar-refractivity contribution in [3.8, 4) is 12.1 Å². The second-order valence-electron chi connectivity index (χ2n) is 9.23. The van der Waals surface area contributed by atoms with Crippen molar-refractivity contribution in [3.63, 3.8) is 0 Å². The average Bonchev–Trinajstić information content (AvgIpc) is 3.68. The zero-order chi connectivity index (χ0) is 27.0. The number of hydrogen-bond donors (Lipinski definition) is 0. The molecule has 0 fully saturated rings. The van der Waals surface area contributed by atoms with E-state index in [0.29, 0.717) is 0 Å². The SMILES string of the molecule is CCCCCCCCSC1=C(SCCCCCCCC)SC(=c2cc/c(=c3\ccc(=C(C#N)C#N)s3)s2)S1. The van der Waals surface area contributed by atoms with E-state index in [1.54, 1.807) is 0 Å². The molecule has 0 saturated heterocycles. The molecule has 3 rings (SSSR count). The van der Waals surface area contributed by atoms with Crippen molar-refractivity contribution in [3.05, 3.63) is 50.9 Å². The Labute approximate surface area is 253 Å². The summed E-state index contributed by atoms with van der Waals surface area (Å²) in [5.41, 5.74) is 0.192. The van der Waals surface area contributed by atoms with Gasteiger partial charge in [-0.15, -0.1) is 46.2 Å². The maximum absolute atomic E-state index is 9.19. The maximum Gasteiger partial charge on any atom is 0.146 e. The fraction of sp³-hybridized carbons (Fsp3) is 0.533. The van der Waals surface area contributed by atoms with Crippen LogP contribution in [0.5, 0.6) is 0 Å². The molecule has 1 aliphatic heterocycles. The summed E-state index contributed by atoms with van der Waals surface area (Å²) in [6, 6.07) is 12.4. The number of thioether (sulfide) groups is 4. The molecular formula is C30H38N2S6. The van der Waals surface area contributed by atoms with E-state index in [0.717, 1.165) is 9.06 Å². The lowest BCUT2D eigenvalue weighted by Gasteiger charge is -2.05. The molecule has 2 aromatic rings. The molecule has 0 amide bonds. The van der Waals surface area contributed by atoms with Crippen LogP contribution in [0, 0.1) is 31.7 Å². The highest BCUT2D eigenvalue weighted by atomic mass is 32.3. The molecule has 2 aromatic heterocycles. The number of thiophene rings is 2. The molecule has 0 atom stereocenters. The first-order valence-electron chi connectivity index (χ1n) is 13.8. The van der Waals surface area contributed by atoms with Crippen molar-refractivity contribution in [1.82, 2.24) is 0 Å². The van der Waals surface area contributed by atoms with Gasteiger partial charge in [0.1, 0.15) is 17.7 Å². The number of nitriles is 2. The minimum atomic E-state index is 0.192. The Hall–Kier alpha value is -0.740. The van der Waals surface area contributed by atoms with Crippen molar-refractivity contribution in [1.29, 1.82) is 10.5 Å². The zero-order valence-corrected chi connectivity index (χ0v) is 27.5. The van der Waals surface area contributed by atoms with Crippen molar-refractivity contribution < 1.29 is 0 Å². The minimum absolute atomic E-state index is 0.192. The van der Waals surface area contributed by atoms with E-state index in [2.05, 4.69) is 49.5 Å². The van der Waals surface area contributed by atoms with E-state index >= 15 is 0 Å². The van der Waals surface area contributed by atoms with Gasteiger partial charge in [0.25, 0.3) is 0 Å². The average molecular weight is 619 g/mol. The molecule has 0 radical (unpaired) electrons. The van der Waals surface area contributed by atoms with Crippen molar-refractivity contribution in [2.75, 3.05) is 11.5 Å². The number of nitrogens with zero attached hydrogens (tertiary/aromatic N) is 2. The monoisotopic (exact) mass is 618 g/mol. The molecule has 0 aliphatic carbocycles. The Morgan fingerprint density at radius 1 is 0.632 bits per heavy atom. The fourth-order valence-electron chi connectivity index (χ4n) is 3.96. The lowest BCUT2D eigenvalue weighted by Crippen LogP contribution is -1.93. The van der Waals surface area contributed by atoms with E-state index in [-0.39, 0.29) is 5.57 Å². The first-order valence-corrected chi connectivity index (χ1v) is 19.0. The number of hydrogen-bond acceptors (Lipinski definition) is 8. The third-order valence-electron chi connectivity index (χ3n) is 6.13. The fourth-order valence-corrected chi connectivity index (χ4v) is 12.2. The van der Waals surface area contributed by atoms with Crippen LogP contribution in [0.4, 0.5) is 0 Å². The lowest BCUT2D eigenvalue weighted by atomic mass is 10.1. The largest absolute Gasteiger partial charge is 0.192 e. The molecule has 0 saturated carbocycles. The standard InChI is InChI=1S/C30H38N2S6/c1-3-5-7-9-11-13-19-33-29-30(34-20-14-12-10-8-6-4-2)38-28(37-29)27-18-17-26(36-27)25-16-15-24(35-25)23(21-31)22-32/h15-18H,3-14,19-20H2,1-2H3/b26-25-. The van der Waals surface area contributed by atoms with Crippen molar-refractivity contribution >= 4 is 79.5 Å². The van der Waals surface area contributed by atoms with Gasteiger partial charge < -0.3 is 0 Å². The highest BCUT2D eigenvalue weighted by Crippen LogP contribution is 2.58. The summed E-state index contributed by atoms with van der Waals surface area (Å²) in [4.78, 5) is 0. The van der Waals surface area contributed by atoms with Crippen LogP contribution in [0.3, 0.4) is 0 Å². The van der Waals surface area contributed by atoms with Gasteiger partial charge in [0.15, 0.2) is 0 Å². The Kier molecular flexibility index (Phi) is 15.5. The summed E-state index contributed by atoms with van der Waals surface area (Å²) < 4.78 is 8.81. The van der Waals surface area contributed by atoms with Crippen LogP contribution >= 0.6 is 69.7 Å². The second kappa shape index (κ2) is 18.6. The minimum Gasteiger partial charge on any atom is -0.192 e. The normalized spacial score (nSPS) is 14.2. The van der Waals surface area contributed by atoms with Gasteiger partial charge in [-0.05, 0) is 48.6 Å². The predicted octanol–water partition coefficient (Wildman–Crippen LogP) is 10.2. The zero-order valence-electron chi connectivity index (χ0n) is 22.6. The third-order valence-corrected chi connectivity index (χ3v) is 14.5. The van der Waals surface area contributed by atoms with Crippen LogP contribution in [0.15, 0.2) is 32.7 Å². The summed E-state index contributed by atoms with van der Waals surface area (Å²) in [6.45, 7) is 4.56. The summed E-state index contributed by atoms with van der Waals surface area (Å²) in [7, 11) is 0. The Morgan fingerprint density at radius 2 is 1.11 bits per heavy atom. The molecule has 2 nitrogen and oxygen atoms in total. The van der Waals surface area contributed by atoms with Crippen LogP contribution in [0.1, 0.15) is 90.9 Å². The molecule has 0 spiro atoms. The second-order valence-corrected chi connectivity index (χ2v) is 16.4. The molecule has 0 aromatic carbocycles. The number of rotatable bonds is 16. The summed E-state index contributed by atoms with van der Waals surface area (Å²) >= 11 is 11.4. The van der Waals surface area contributed by atoms with E-state index < -0.39 is 0 Å². The lowest BCUT2D eigenvalue weighted by molar-refractivity contribution is 0.627. The predicted molar refractivity (Wildman–Crippen MR) is 177 cm³/mol. The first-order chi connectivity index (χ1) is 18.7. The summed E-state index contributed by atoms with van der Waals surface area (Å²) in [5, 5.41) is 18.4. The first kappa shape index (κ1) is 31.8. The van der Waals surface area contributed by atoms with E-state index in [9.17, 15) is 10.5 Å². The van der Waals surface area contributed by atoms with Gasteiger partial charge in [0.2, 0.25) is 0 Å². The molecule has 0 N–H and O–H groups in total. The molecule has 38 heavy (non-hydrogen) atoms. The topological polar surface area (TPSA) is 47.6 Å². The smallest absolute Gasteiger partial charge is 0.146 e. The van der Waals surface area contributed by atoms with Gasteiger partial charge in [-0.25, -0.2) is 0 Å². The molecule has 3 heterocycles. The van der Waals surface area contributed by atoms with Crippen LogP contribution in [0.2, 0.25) is 0 Å². The van der Waals surface area contributed by atoms with Gasteiger partial charge in [0.05, 0.1) is 17.2 Å². The third kappa shape index (κ3) is 10.3. The molecule has 0 unspecified atom stereocenters. The molecule has 8 heteroatoms. The molecule has 204 valence electrons. The highest BCUT2D eigenvalue weighted by molar-refractivity contribution is 8.45. The van der Waals surface area contributed by atoms with Gasteiger partial charge in [-0.3, -0.25) is 0 Å². The maximum atomic E-state index is 9.19. The van der Waals surface area contributed by atoms with Gasteiger partial charge in [0, 0.05) is 13.6 Å². The number of unbranched alkanes of at least 4 members (excludes halogenated alkanes) is 10. The summed E-state index contributed by atoms with van der Waals surface area (Å²) in [5.74, 6) is 2.43. The Bertz CT molecular complexity index is 1290. The highest BCUT2D eigenvalue weighted by Gasteiger charge is 2.23. The van der Waals surface area contributed by atoms with E-state index in [4.69, 9.17) is 0 Å². The van der Waals surface area contributed by atoms with Gasteiger partial charge in [-0.2, -0.15) is 10.5 Å². The summed E-state index contributed by atoms with van der Waals surface area (Å²) in [6.07, 6.45) is 16.2. The molecule has 0 bridgehead atoms. The van der Waals surface area contributed by atoms with Crippen LogP contribution in [-0.2, 0) is 0 Å². The van der Waals surface area contributed by atoms with Crippen molar-refractivity contribution in [2.45, 2.75) is 90.9 Å². The van der Waals surface area contributed by atoms with Crippen LogP contribution in [0.25, 0.3) is 9.81 Å².